The molecule has 3 amide bonds. The van der Waals surface area contributed by atoms with Gasteiger partial charge >= 0.3 is 10.2 Å². The molecule has 1 saturated heterocycles. The van der Waals surface area contributed by atoms with Gasteiger partial charge in [0.2, 0.25) is 5.91 Å². The maximum Gasteiger partial charge on any atom is 0.302 e. The molecule has 210 valence electrons. The van der Waals surface area contributed by atoms with E-state index >= 15 is 0 Å². The van der Waals surface area contributed by atoms with Gasteiger partial charge in [0.25, 0.3) is 11.8 Å². The first-order valence-corrected chi connectivity index (χ1v) is 17.4. The van der Waals surface area contributed by atoms with Gasteiger partial charge in [-0.3, -0.25) is 14.4 Å². The third-order valence-electron chi connectivity index (χ3n) is 6.51. The molecular weight excluding hydrogens is 550 g/mol. The molecule has 2 aliphatic heterocycles. The van der Waals surface area contributed by atoms with Crippen molar-refractivity contribution in [2.75, 3.05) is 18.5 Å². The van der Waals surface area contributed by atoms with Crippen molar-refractivity contribution >= 4 is 46.9 Å². The Morgan fingerprint density at radius 3 is 2.38 bits per heavy atom. The number of halogens is 2. The molecule has 0 aromatic heterocycles. The van der Waals surface area contributed by atoms with Crippen molar-refractivity contribution in [1.29, 1.82) is 0 Å². The molecule has 14 heteroatoms. The molecule has 4 rings (SSSR count). The first-order chi connectivity index (χ1) is 18.2. The fourth-order valence-corrected chi connectivity index (χ4v) is 7.49. The van der Waals surface area contributed by atoms with Gasteiger partial charge < -0.3 is 15.0 Å². The SMILES string of the molecule is CCOc1ccc2c(c1)CCN(C(=O)C[C@@H]1NS(=O)(=O)NC1=O)[C@H]2C(=O)Nc1cc(F)c([Si](C)(C)C)c(F)c1. The molecule has 1 fully saturated rings. The van der Waals surface area contributed by atoms with Crippen molar-refractivity contribution in [3.8, 4) is 5.75 Å². The van der Waals surface area contributed by atoms with Crippen molar-refractivity contribution < 1.29 is 36.3 Å². The van der Waals surface area contributed by atoms with E-state index in [1.165, 1.54) is 4.90 Å². The zero-order valence-corrected chi connectivity index (χ0v) is 23.7. The van der Waals surface area contributed by atoms with E-state index in [2.05, 4.69) is 10.0 Å². The lowest BCUT2D eigenvalue weighted by molar-refractivity contribution is -0.140. The van der Waals surface area contributed by atoms with Crippen molar-refractivity contribution in [3.05, 3.63) is 53.1 Å². The van der Waals surface area contributed by atoms with Crippen molar-refractivity contribution in [2.24, 2.45) is 0 Å². The Morgan fingerprint density at radius 1 is 1.15 bits per heavy atom. The van der Waals surface area contributed by atoms with Crippen molar-refractivity contribution in [2.45, 2.75) is 51.5 Å². The highest BCUT2D eigenvalue weighted by Crippen LogP contribution is 2.34. The molecule has 10 nitrogen and oxygen atoms in total. The fraction of sp³-hybridized carbons (Fsp3) is 0.400. The van der Waals surface area contributed by atoms with Gasteiger partial charge in [0.15, 0.2) is 0 Å². The standard InChI is InChI=1S/C25H30F2N4O6SSi/c1-5-37-16-6-7-17-14(10-16)8-9-31(21(32)13-20-24(33)30-38(35,36)29-20)22(17)25(34)28-15-11-18(26)23(19(27)12-15)39(2,3)4/h6-7,10-12,20,22,29H,5,8-9,13H2,1-4H3,(H,28,34)(H,30,33)/t20-,22+/m0/s1. The van der Waals surface area contributed by atoms with Crippen LogP contribution in [0.5, 0.6) is 5.75 Å². The van der Waals surface area contributed by atoms with E-state index in [0.29, 0.717) is 24.3 Å². The summed E-state index contributed by atoms with van der Waals surface area (Å²) < 4.78 is 62.5. The minimum atomic E-state index is -4.05. The smallest absolute Gasteiger partial charge is 0.302 e. The van der Waals surface area contributed by atoms with Crippen LogP contribution >= 0.6 is 0 Å². The van der Waals surface area contributed by atoms with Crippen LogP contribution in [0.1, 0.15) is 30.5 Å². The van der Waals surface area contributed by atoms with Crippen LogP contribution in [0.2, 0.25) is 19.6 Å². The largest absolute Gasteiger partial charge is 0.494 e. The first kappa shape index (κ1) is 28.6. The maximum atomic E-state index is 14.9. The Balaban J connectivity index is 1.66. The van der Waals surface area contributed by atoms with E-state index in [1.54, 1.807) is 42.6 Å². The minimum Gasteiger partial charge on any atom is -0.494 e. The van der Waals surface area contributed by atoms with Gasteiger partial charge in [0.05, 0.1) is 21.1 Å². The highest BCUT2D eigenvalue weighted by atomic mass is 32.2. The second-order valence-corrected chi connectivity index (χ2v) is 16.9. The van der Waals surface area contributed by atoms with Gasteiger partial charge in [-0.05, 0) is 48.7 Å². The van der Waals surface area contributed by atoms with Crippen LogP contribution in [0.25, 0.3) is 0 Å². The summed E-state index contributed by atoms with van der Waals surface area (Å²) in [6.45, 7) is 7.74. The molecule has 0 spiro atoms. The number of hydrogen-bond donors (Lipinski definition) is 3. The summed E-state index contributed by atoms with van der Waals surface area (Å²) in [4.78, 5) is 40.2. The zero-order valence-electron chi connectivity index (χ0n) is 21.9. The number of carbonyl (C=O) groups is 3. The number of carbonyl (C=O) groups excluding carboxylic acids is 3. The van der Waals surface area contributed by atoms with E-state index in [-0.39, 0.29) is 17.4 Å². The van der Waals surface area contributed by atoms with Gasteiger partial charge in [-0.25, -0.2) is 13.5 Å². The Morgan fingerprint density at radius 2 is 1.82 bits per heavy atom. The Hall–Kier alpha value is -3.36. The van der Waals surface area contributed by atoms with Crippen LogP contribution in [0.15, 0.2) is 30.3 Å². The summed E-state index contributed by atoms with van der Waals surface area (Å²) >= 11 is 0. The molecule has 3 N–H and O–H groups in total. The quantitative estimate of drug-likeness (QED) is 0.427. The van der Waals surface area contributed by atoms with Gasteiger partial charge in [-0.1, -0.05) is 25.7 Å². The summed E-state index contributed by atoms with van der Waals surface area (Å²) in [6.07, 6.45) is -0.155. The predicted octanol–water partition coefficient (Wildman–Crippen LogP) is 1.70. The van der Waals surface area contributed by atoms with E-state index in [1.807, 2.05) is 6.92 Å². The lowest BCUT2D eigenvalue weighted by Crippen LogP contribution is -2.47. The molecule has 2 heterocycles. The summed E-state index contributed by atoms with van der Waals surface area (Å²) in [5, 5.41) is 2.55. The average molecular weight is 581 g/mol. The molecule has 0 bridgehead atoms. The molecule has 0 saturated carbocycles. The number of ether oxygens (including phenoxy) is 1. The van der Waals surface area contributed by atoms with Crippen LogP contribution in [0, 0.1) is 11.6 Å². The highest BCUT2D eigenvalue weighted by molar-refractivity contribution is 7.88. The molecule has 2 aromatic rings. The van der Waals surface area contributed by atoms with Crippen LogP contribution in [-0.4, -0.2) is 58.3 Å². The number of rotatable bonds is 7. The van der Waals surface area contributed by atoms with Crippen molar-refractivity contribution in [1.82, 2.24) is 14.3 Å². The Kier molecular flexibility index (Phi) is 7.83. The summed E-state index contributed by atoms with van der Waals surface area (Å²) in [7, 11) is -6.40. The number of benzene rings is 2. The first-order valence-electron chi connectivity index (χ1n) is 12.4. The molecule has 39 heavy (non-hydrogen) atoms. The molecular formula is C25H30F2N4O6SSi. The third-order valence-corrected chi connectivity index (χ3v) is 9.55. The number of nitrogens with one attached hydrogen (secondary N) is 3. The number of fused-ring (bicyclic) bond motifs is 1. The molecule has 2 aromatic carbocycles. The summed E-state index contributed by atoms with van der Waals surface area (Å²) in [6, 6.07) is 4.63. The van der Waals surface area contributed by atoms with E-state index < -0.39 is 66.1 Å². The van der Waals surface area contributed by atoms with Gasteiger partial charge in [0.1, 0.15) is 29.5 Å². The third kappa shape index (κ3) is 6.12. The molecule has 0 aliphatic carbocycles. The number of amides is 3. The Labute approximate surface area is 226 Å². The fourth-order valence-electron chi connectivity index (χ4n) is 4.88. The average Bonchev–Trinajstić information content (AvgIpc) is 3.07. The van der Waals surface area contributed by atoms with Gasteiger partial charge in [-0.15, -0.1) is 0 Å². The number of nitrogens with zero attached hydrogens (tertiary/aromatic N) is 1. The van der Waals surface area contributed by atoms with Gasteiger partial charge in [-0.2, -0.15) is 13.1 Å². The second kappa shape index (κ2) is 10.7. The molecule has 2 aliphatic rings. The van der Waals surface area contributed by atoms with Crippen LogP contribution in [-0.2, 0) is 31.0 Å². The Bertz CT molecular complexity index is 1420. The lowest BCUT2D eigenvalue weighted by Gasteiger charge is -2.37. The van der Waals surface area contributed by atoms with Crippen LogP contribution in [0.3, 0.4) is 0 Å². The molecule has 2 atom stereocenters. The van der Waals surface area contributed by atoms with Crippen molar-refractivity contribution in [3.63, 3.8) is 0 Å². The molecule has 0 radical (unpaired) electrons. The molecule has 0 unspecified atom stereocenters. The second-order valence-electron chi connectivity index (χ2n) is 10.4. The van der Waals surface area contributed by atoms with E-state index in [4.69, 9.17) is 4.74 Å². The monoisotopic (exact) mass is 580 g/mol. The summed E-state index contributed by atoms with van der Waals surface area (Å²) in [5.41, 5.74) is 1.12. The predicted molar refractivity (Wildman–Crippen MR) is 142 cm³/mol. The lowest BCUT2D eigenvalue weighted by atomic mass is 9.91. The number of anilines is 1. The van der Waals surface area contributed by atoms with Crippen LogP contribution < -0.4 is 24.7 Å². The van der Waals surface area contributed by atoms with E-state index in [9.17, 15) is 31.6 Å². The van der Waals surface area contributed by atoms with Crippen LogP contribution in [0.4, 0.5) is 14.5 Å². The maximum absolute atomic E-state index is 14.9. The minimum absolute atomic E-state index is 0.0149. The number of hydrogen-bond acceptors (Lipinski definition) is 6. The van der Waals surface area contributed by atoms with Gasteiger partial charge in [0, 0.05) is 17.4 Å². The summed E-state index contributed by atoms with van der Waals surface area (Å²) in [5.74, 6) is -3.19. The van der Waals surface area contributed by atoms with E-state index in [0.717, 1.165) is 17.7 Å². The zero-order chi connectivity index (χ0) is 28.7. The normalized spacial score (nSPS) is 20.3. The topological polar surface area (TPSA) is 134 Å². The highest BCUT2D eigenvalue weighted by Gasteiger charge is 2.41.